The van der Waals surface area contributed by atoms with E-state index in [1.807, 2.05) is 0 Å². The maximum atomic E-state index is 11.6. The maximum Gasteiger partial charge on any atom is 0.414 e. The molecule has 0 unspecified atom stereocenters. The smallest absolute Gasteiger partial charge is 0.408 e. The fraction of sp³-hybridized carbons (Fsp3) is 0.600. The highest BCUT2D eigenvalue weighted by Gasteiger charge is 2.12. The van der Waals surface area contributed by atoms with E-state index in [-0.39, 0.29) is 6.09 Å². The minimum Gasteiger partial charge on any atom is -0.408 e. The molecule has 0 radical (unpaired) electrons. The molecule has 0 fully saturated rings. The topological polar surface area (TPSA) is 45.7 Å². The number of carbonyl (C=O) groups excluding carboxylic acids is 1. The van der Waals surface area contributed by atoms with Gasteiger partial charge in [-0.05, 0) is 32.1 Å². The highest BCUT2D eigenvalue weighted by Crippen LogP contribution is 2.17. The van der Waals surface area contributed by atoms with E-state index in [0.717, 1.165) is 12.2 Å². The molecule has 0 aliphatic heterocycles. The molecule has 5 heteroatoms. The van der Waals surface area contributed by atoms with Gasteiger partial charge in [0.05, 0.1) is 5.69 Å². The van der Waals surface area contributed by atoms with Crippen LogP contribution in [0.5, 0.6) is 5.75 Å². The molecule has 20 heavy (non-hydrogen) atoms. The molecule has 1 rings (SSSR count). The number of nitrogens with zero attached hydrogens (tertiary/aromatic N) is 3. The highest BCUT2D eigenvalue weighted by molar-refractivity contribution is 5.70. The summed E-state index contributed by atoms with van der Waals surface area (Å²) in [5.41, 5.74) is 0.793. The van der Waals surface area contributed by atoms with Crippen LogP contribution in [-0.4, -0.2) is 48.6 Å². The minimum absolute atomic E-state index is 0.382. The van der Waals surface area contributed by atoms with Gasteiger partial charge in [-0.15, -0.1) is 0 Å². The van der Waals surface area contributed by atoms with Crippen LogP contribution in [0.25, 0.3) is 0 Å². The zero-order valence-electron chi connectivity index (χ0n) is 12.9. The molecule has 0 aromatic carbocycles. The van der Waals surface area contributed by atoms with Gasteiger partial charge in [-0.25, -0.2) is 4.79 Å². The third-order valence-electron chi connectivity index (χ3n) is 2.97. The molecule has 0 spiro atoms. The lowest BCUT2D eigenvalue weighted by Crippen LogP contribution is -2.26. The van der Waals surface area contributed by atoms with E-state index in [0.29, 0.717) is 12.3 Å². The lowest BCUT2D eigenvalue weighted by Gasteiger charge is -2.18. The number of pyridine rings is 1. The number of unbranched alkanes of at least 4 members (excludes halogenated alkanes) is 2. The summed E-state index contributed by atoms with van der Waals surface area (Å²) in [5, 5.41) is 0. The average molecular weight is 279 g/mol. The zero-order chi connectivity index (χ0) is 15.0. The minimum atomic E-state index is -0.382. The van der Waals surface area contributed by atoms with Crippen molar-refractivity contribution in [2.24, 2.45) is 0 Å². The van der Waals surface area contributed by atoms with Crippen LogP contribution in [0.2, 0.25) is 0 Å². The Morgan fingerprint density at radius 2 is 2.05 bits per heavy atom. The monoisotopic (exact) mass is 279 g/mol. The average Bonchev–Trinajstić information content (AvgIpc) is 2.41. The summed E-state index contributed by atoms with van der Waals surface area (Å²) in [6.07, 6.45) is 4.96. The Balaban J connectivity index is 2.63. The molecule has 1 amide bonds. The van der Waals surface area contributed by atoms with Crippen molar-refractivity contribution in [2.75, 3.05) is 27.7 Å². The molecular weight excluding hydrogens is 254 g/mol. The van der Waals surface area contributed by atoms with Gasteiger partial charge in [0.15, 0.2) is 5.75 Å². The fourth-order valence-corrected chi connectivity index (χ4v) is 1.79. The van der Waals surface area contributed by atoms with E-state index >= 15 is 0 Å². The zero-order valence-corrected chi connectivity index (χ0v) is 12.9. The number of hydrogen-bond donors (Lipinski definition) is 0. The SMILES string of the molecule is CCCCCN(C)Cc1ncccc1OC(=O)N(C)C. The van der Waals surface area contributed by atoms with Gasteiger partial charge in [0.25, 0.3) is 0 Å². The largest absolute Gasteiger partial charge is 0.414 e. The summed E-state index contributed by atoms with van der Waals surface area (Å²) in [6, 6.07) is 3.56. The normalized spacial score (nSPS) is 10.7. The van der Waals surface area contributed by atoms with Crippen molar-refractivity contribution < 1.29 is 9.53 Å². The van der Waals surface area contributed by atoms with E-state index in [4.69, 9.17) is 4.74 Å². The molecule has 1 heterocycles. The number of aromatic nitrogens is 1. The standard InChI is InChI=1S/C15H25N3O2/c1-5-6-7-11-18(4)12-13-14(9-8-10-16-13)20-15(19)17(2)3/h8-10H,5-7,11-12H2,1-4H3. The Bertz CT molecular complexity index is 421. The number of rotatable bonds is 7. The maximum absolute atomic E-state index is 11.6. The first-order chi connectivity index (χ1) is 9.54. The first-order valence-electron chi connectivity index (χ1n) is 7.06. The van der Waals surface area contributed by atoms with Gasteiger partial charge < -0.3 is 14.5 Å². The quantitative estimate of drug-likeness (QED) is 0.720. The molecule has 5 nitrogen and oxygen atoms in total. The molecule has 1 aromatic heterocycles. The number of hydrogen-bond acceptors (Lipinski definition) is 4. The molecule has 0 saturated heterocycles. The molecule has 0 aliphatic rings. The summed E-state index contributed by atoms with van der Waals surface area (Å²) < 4.78 is 5.33. The Hall–Kier alpha value is -1.62. The third-order valence-corrected chi connectivity index (χ3v) is 2.97. The van der Waals surface area contributed by atoms with Crippen molar-refractivity contribution in [1.29, 1.82) is 0 Å². The van der Waals surface area contributed by atoms with Gasteiger partial charge in [-0.2, -0.15) is 0 Å². The number of carbonyl (C=O) groups is 1. The van der Waals surface area contributed by atoms with Crippen LogP contribution in [-0.2, 0) is 6.54 Å². The van der Waals surface area contributed by atoms with Gasteiger partial charge in [-0.3, -0.25) is 4.98 Å². The number of ether oxygens (including phenoxy) is 1. The summed E-state index contributed by atoms with van der Waals surface area (Å²) in [5.74, 6) is 0.536. The van der Waals surface area contributed by atoms with Crippen LogP contribution in [0, 0.1) is 0 Å². The molecule has 0 bridgehead atoms. The Labute approximate surface area is 121 Å². The second-order valence-corrected chi connectivity index (χ2v) is 5.16. The van der Waals surface area contributed by atoms with Crippen LogP contribution in [0.3, 0.4) is 0 Å². The van der Waals surface area contributed by atoms with Crippen molar-refractivity contribution in [3.63, 3.8) is 0 Å². The van der Waals surface area contributed by atoms with Crippen LogP contribution < -0.4 is 4.74 Å². The molecule has 112 valence electrons. The molecule has 1 aromatic rings. The van der Waals surface area contributed by atoms with Crippen molar-refractivity contribution in [3.8, 4) is 5.75 Å². The summed E-state index contributed by atoms with van der Waals surface area (Å²) in [7, 11) is 5.38. The van der Waals surface area contributed by atoms with Gasteiger partial charge in [0, 0.05) is 26.8 Å². The Kier molecular flexibility index (Phi) is 7.01. The van der Waals surface area contributed by atoms with E-state index in [1.165, 1.54) is 24.2 Å². The second kappa shape index (κ2) is 8.53. The van der Waals surface area contributed by atoms with E-state index < -0.39 is 0 Å². The van der Waals surface area contributed by atoms with Crippen molar-refractivity contribution >= 4 is 6.09 Å². The predicted molar refractivity (Wildman–Crippen MR) is 79.8 cm³/mol. The van der Waals surface area contributed by atoms with Crippen LogP contribution in [0.15, 0.2) is 18.3 Å². The summed E-state index contributed by atoms with van der Waals surface area (Å²) in [4.78, 5) is 19.5. The first-order valence-corrected chi connectivity index (χ1v) is 7.06. The molecule has 0 atom stereocenters. The lowest BCUT2D eigenvalue weighted by molar-refractivity contribution is 0.170. The van der Waals surface area contributed by atoms with Gasteiger partial charge in [0.1, 0.15) is 0 Å². The third kappa shape index (κ3) is 5.57. The number of amides is 1. The Morgan fingerprint density at radius 1 is 1.30 bits per heavy atom. The van der Waals surface area contributed by atoms with Crippen molar-refractivity contribution in [1.82, 2.24) is 14.8 Å². The van der Waals surface area contributed by atoms with Crippen LogP contribution in [0.4, 0.5) is 4.79 Å². The van der Waals surface area contributed by atoms with Gasteiger partial charge in [0.2, 0.25) is 0 Å². The summed E-state index contributed by atoms with van der Waals surface area (Å²) in [6.45, 7) is 3.89. The lowest BCUT2D eigenvalue weighted by atomic mass is 10.2. The summed E-state index contributed by atoms with van der Waals surface area (Å²) >= 11 is 0. The van der Waals surface area contributed by atoms with Gasteiger partial charge >= 0.3 is 6.09 Å². The first kappa shape index (κ1) is 16.4. The van der Waals surface area contributed by atoms with Crippen molar-refractivity contribution in [3.05, 3.63) is 24.0 Å². The molecule has 0 saturated carbocycles. The van der Waals surface area contributed by atoms with Gasteiger partial charge in [-0.1, -0.05) is 19.8 Å². The fourth-order valence-electron chi connectivity index (χ4n) is 1.79. The van der Waals surface area contributed by atoms with Crippen LogP contribution >= 0.6 is 0 Å². The van der Waals surface area contributed by atoms with Crippen LogP contribution in [0.1, 0.15) is 31.9 Å². The Morgan fingerprint density at radius 3 is 2.70 bits per heavy atom. The predicted octanol–water partition coefficient (Wildman–Crippen LogP) is 2.76. The second-order valence-electron chi connectivity index (χ2n) is 5.16. The molecule has 0 N–H and O–H groups in total. The molecule has 0 aliphatic carbocycles. The van der Waals surface area contributed by atoms with E-state index in [1.54, 1.807) is 32.4 Å². The van der Waals surface area contributed by atoms with E-state index in [2.05, 4.69) is 23.9 Å². The van der Waals surface area contributed by atoms with Crippen molar-refractivity contribution in [2.45, 2.75) is 32.7 Å². The highest BCUT2D eigenvalue weighted by atomic mass is 16.6. The molecular formula is C15H25N3O2. The van der Waals surface area contributed by atoms with E-state index in [9.17, 15) is 4.79 Å².